The molecule has 0 bridgehead atoms. The fraction of sp³-hybridized carbons (Fsp3) is 0.357. The van der Waals surface area contributed by atoms with Gasteiger partial charge in [-0.05, 0) is 12.5 Å². The van der Waals surface area contributed by atoms with E-state index in [1.807, 2.05) is 30.7 Å². The second-order valence-corrected chi connectivity index (χ2v) is 4.49. The number of primary amides is 1. The molecular formula is C14H18N2O3. The van der Waals surface area contributed by atoms with Crippen LogP contribution in [0.1, 0.15) is 11.3 Å². The van der Waals surface area contributed by atoms with Crippen LogP contribution < -0.4 is 15.2 Å². The van der Waals surface area contributed by atoms with E-state index >= 15 is 0 Å². The molecule has 0 saturated heterocycles. The quantitative estimate of drug-likeness (QED) is 0.908. The maximum absolute atomic E-state index is 11.2. The van der Waals surface area contributed by atoms with Crippen LogP contribution >= 0.6 is 0 Å². The molecule has 0 spiro atoms. The minimum atomic E-state index is -0.353. The van der Waals surface area contributed by atoms with E-state index in [4.69, 9.17) is 15.2 Å². The average molecular weight is 262 g/mol. The summed E-state index contributed by atoms with van der Waals surface area (Å²) in [6.07, 6.45) is 0.200. The molecule has 0 radical (unpaired) electrons. The normalized spacial score (nSPS) is 10.7. The molecule has 2 rings (SSSR count). The second-order valence-electron chi connectivity index (χ2n) is 4.49. The number of aromatic nitrogens is 1. The third-order valence-corrected chi connectivity index (χ3v) is 3.46. The number of methoxy groups -OCH3 is 2. The van der Waals surface area contributed by atoms with Gasteiger partial charge in [-0.3, -0.25) is 4.79 Å². The first-order valence-electron chi connectivity index (χ1n) is 5.97. The Morgan fingerprint density at radius 2 is 2.00 bits per heavy atom. The molecule has 1 aromatic heterocycles. The first-order valence-corrected chi connectivity index (χ1v) is 5.97. The Hall–Kier alpha value is -2.17. The highest BCUT2D eigenvalue weighted by Crippen LogP contribution is 2.36. The van der Waals surface area contributed by atoms with E-state index in [-0.39, 0.29) is 12.3 Å². The van der Waals surface area contributed by atoms with Crippen molar-refractivity contribution in [2.24, 2.45) is 12.8 Å². The Morgan fingerprint density at radius 3 is 2.53 bits per heavy atom. The van der Waals surface area contributed by atoms with Gasteiger partial charge >= 0.3 is 0 Å². The number of benzene rings is 1. The predicted molar refractivity (Wildman–Crippen MR) is 73.7 cm³/mol. The van der Waals surface area contributed by atoms with Crippen LogP contribution in [0, 0.1) is 6.92 Å². The molecule has 102 valence electrons. The van der Waals surface area contributed by atoms with Gasteiger partial charge in [0.05, 0.1) is 26.2 Å². The fourth-order valence-corrected chi connectivity index (χ4v) is 2.38. The van der Waals surface area contributed by atoms with Crippen LogP contribution in [0.15, 0.2) is 12.1 Å². The molecule has 5 nitrogen and oxygen atoms in total. The molecule has 0 fully saturated rings. The second kappa shape index (κ2) is 4.84. The Morgan fingerprint density at radius 1 is 1.32 bits per heavy atom. The average Bonchev–Trinajstić information content (AvgIpc) is 2.62. The van der Waals surface area contributed by atoms with E-state index < -0.39 is 0 Å². The van der Waals surface area contributed by atoms with E-state index in [0.29, 0.717) is 5.75 Å². The van der Waals surface area contributed by atoms with Gasteiger partial charge in [0.15, 0.2) is 0 Å². The van der Waals surface area contributed by atoms with Crippen molar-refractivity contribution in [1.82, 2.24) is 4.57 Å². The topological polar surface area (TPSA) is 66.5 Å². The summed E-state index contributed by atoms with van der Waals surface area (Å²) >= 11 is 0. The molecule has 1 amide bonds. The molecule has 1 heterocycles. The van der Waals surface area contributed by atoms with Gasteiger partial charge in [-0.1, -0.05) is 0 Å². The van der Waals surface area contributed by atoms with Crippen molar-refractivity contribution in [3.63, 3.8) is 0 Å². The molecule has 2 aromatic rings. The number of fused-ring (bicyclic) bond motifs is 1. The molecule has 5 heteroatoms. The standard InChI is InChI=1S/C14H18N2O3/c1-8-10(7-13(15)17)14-11(16(8)2)5-9(18-3)6-12(14)19-4/h5-6H,7H2,1-4H3,(H2,15,17). The van der Waals surface area contributed by atoms with Gasteiger partial charge in [0.1, 0.15) is 11.5 Å². The van der Waals surface area contributed by atoms with E-state index in [1.54, 1.807) is 14.2 Å². The van der Waals surface area contributed by atoms with Crippen molar-refractivity contribution in [1.29, 1.82) is 0 Å². The Labute approximate surface area is 111 Å². The summed E-state index contributed by atoms with van der Waals surface area (Å²) < 4.78 is 12.7. The van der Waals surface area contributed by atoms with Crippen LogP contribution in [-0.2, 0) is 18.3 Å². The summed E-state index contributed by atoms with van der Waals surface area (Å²) in [5.41, 5.74) is 8.20. The largest absolute Gasteiger partial charge is 0.497 e. The lowest BCUT2D eigenvalue weighted by Crippen LogP contribution is -2.14. The first kappa shape index (κ1) is 13.3. The van der Waals surface area contributed by atoms with Gasteiger partial charge in [0.25, 0.3) is 0 Å². The Balaban J connectivity index is 2.82. The van der Waals surface area contributed by atoms with Crippen molar-refractivity contribution in [2.75, 3.05) is 14.2 Å². The summed E-state index contributed by atoms with van der Waals surface area (Å²) in [7, 11) is 5.16. The summed E-state index contributed by atoms with van der Waals surface area (Å²) in [4.78, 5) is 11.2. The van der Waals surface area contributed by atoms with Crippen LogP contribution in [0.2, 0.25) is 0 Å². The molecule has 0 atom stereocenters. The summed E-state index contributed by atoms with van der Waals surface area (Å²) in [6.45, 7) is 1.96. The molecule has 0 aliphatic heterocycles. The van der Waals surface area contributed by atoms with Crippen molar-refractivity contribution >= 4 is 16.8 Å². The maximum Gasteiger partial charge on any atom is 0.221 e. The molecule has 1 aromatic carbocycles. The lowest BCUT2D eigenvalue weighted by atomic mass is 10.1. The van der Waals surface area contributed by atoms with E-state index in [0.717, 1.165) is 27.9 Å². The van der Waals surface area contributed by atoms with Gasteiger partial charge in [0.2, 0.25) is 5.91 Å². The number of hydrogen-bond acceptors (Lipinski definition) is 3. The number of hydrogen-bond donors (Lipinski definition) is 1. The maximum atomic E-state index is 11.2. The van der Waals surface area contributed by atoms with Crippen LogP contribution in [0.25, 0.3) is 10.9 Å². The van der Waals surface area contributed by atoms with E-state index in [9.17, 15) is 4.79 Å². The number of aryl methyl sites for hydroxylation is 1. The van der Waals surface area contributed by atoms with Gasteiger partial charge in [0, 0.05) is 30.3 Å². The number of nitrogens with two attached hydrogens (primary N) is 1. The van der Waals surface area contributed by atoms with Crippen molar-refractivity contribution in [2.45, 2.75) is 13.3 Å². The molecule has 19 heavy (non-hydrogen) atoms. The van der Waals surface area contributed by atoms with Gasteiger partial charge < -0.3 is 19.8 Å². The lowest BCUT2D eigenvalue weighted by Gasteiger charge is -2.08. The zero-order valence-corrected chi connectivity index (χ0v) is 11.6. The van der Waals surface area contributed by atoms with E-state index in [2.05, 4.69) is 0 Å². The number of nitrogens with zero attached hydrogens (tertiary/aromatic N) is 1. The van der Waals surface area contributed by atoms with E-state index in [1.165, 1.54) is 0 Å². The smallest absolute Gasteiger partial charge is 0.221 e. The molecule has 0 unspecified atom stereocenters. The summed E-state index contributed by atoms with van der Waals surface area (Å²) in [5.74, 6) is 1.05. The number of rotatable bonds is 4. The zero-order chi connectivity index (χ0) is 14.2. The van der Waals surface area contributed by atoms with Crippen molar-refractivity contribution in [3.8, 4) is 11.5 Å². The predicted octanol–water partition coefficient (Wildman–Crippen LogP) is 1.53. The molecule has 0 aliphatic carbocycles. The van der Waals surface area contributed by atoms with Gasteiger partial charge in [-0.25, -0.2) is 0 Å². The Bertz CT molecular complexity index is 644. The van der Waals surface area contributed by atoms with Crippen molar-refractivity contribution < 1.29 is 14.3 Å². The fourth-order valence-electron chi connectivity index (χ4n) is 2.38. The summed E-state index contributed by atoms with van der Waals surface area (Å²) in [5, 5.41) is 0.919. The highest BCUT2D eigenvalue weighted by Gasteiger charge is 2.18. The Kier molecular flexibility index (Phi) is 3.38. The number of carbonyl (C=O) groups excluding carboxylic acids is 1. The minimum absolute atomic E-state index is 0.200. The lowest BCUT2D eigenvalue weighted by molar-refractivity contribution is -0.117. The number of ether oxygens (including phenoxy) is 2. The third kappa shape index (κ3) is 2.12. The number of carbonyl (C=O) groups is 1. The summed E-state index contributed by atoms with van der Waals surface area (Å²) in [6, 6.07) is 3.74. The minimum Gasteiger partial charge on any atom is -0.497 e. The molecule has 0 saturated carbocycles. The monoisotopic (exact) mass is 262 g/mol. The van der Waals surface area contributed by atoms with Crippen LogP contribution in [0.3, 0.4) is 0 Å². The SMILES string of the molecule is COc1cc(OC)c2c(CC(N)=O)c(C)n(C)c2c1. The molecule has 2 N–H and O–H groups in total. The zero-order valence-electron chi connectivity index (χ0n) is 11.6. The highest BCUT2D eigenvalue weighted by atomic mass is 16.5. The van der Waals surface area contributed by atoms with Crippen LogP contribution in [0.5, 0.6) is 11.5 Å². The first-order chi connectivity index (χ1) is 8.99. The van der Waals surface area contributed by atoms with Gasteiger partial charge in [-0.15, -0.1) is 0 Å². The van der Waals surface area contributed by atoms with Crippen LogP contribution in [-0.4, -0.2) is 24.7 Å². The molecular weight excluding hydrogens is 244 g/mol. The van der Waals surface area contributed by atoms with Crippen LogP contribution in [0.4, 0.5) is 0 Å². The molecule has 0 aliphatic rings. The highest BCUT2D eigenvalue weighted by molar-refractivity contribution is 5.95. The van der Waals surface area contributed by atoms with Gasteiger partial charge in [-0.2, -0.15) is 0 Å². The van der Waals surface area contributed by atoms with Crippen molar-refractivity contribution in [3.05, 3.63) is 23.4 Å². The number of amides is 1. The third-order valence-electron chi connectivity index (χ3n) is 3.46.